The van der Waals surface area contributed by atoms with Crippen LogP contribution in [0.25, 0.3) is 0 Å². The van der Waals surface area contributed by atoms with Crippen LogP contribution in [-0.4, -0.2) is 10.2 Å². The van der Waals surface area contributed by atoms with E-state index in [0.29, 0.717) is 5.69 Å². The largest absolute Gasteiger partial charge is 0.398 e. The summed E-state index contributed by atoms with van der Waals surface area (Å²) in [6.07, 6.45) is 1.58. The summed E-state index contributed by atoms with van der Waals surface area (Å²) < 4.78 is 6.90. The van der Waals surface area contributed by atoms with Crippen LogP contribution >= 0.6 is 0 Å². The van der Waals surface area contributed by atoms with Gasteiger partial charge in [0.25, 0.3) is 5.56 Å². The molecule has 0 radical (unpaired) electrons. The van der Waals surface area contributed by atoms with Crippen molar-refractivity contribution < 1.29 is 4.74 Å². The van der Waals surface area contributed by atoms with E-state index < -0.39 is 0 Å². The van der Waals surface area contributed by atoms with Crippen LogP contribution in [0.15, 0.2) is 23.1 Å². The summed E-state index contributed by atoms with van der Waals surface area (Å²) in [5, 5.41) is 0. The van der Waals surface area contributed by atoms with Gasteiger partial charge in [-0.15, -0.1) is 0 Å². The van der Waals surface area contributed by atoms with E-state index in [4.69, 9.17) is 10.5 Å². The molecule has 1 heterocycles. The van der Waals surface area contributed by atoms with E-state index in [1.54, 1.807) is 12.3 Å². The molecule has 0 aliphatic rings. The molecule has 0 aromatic carbocycles. The molecule has 0 bridgehead atoms. The summed E-state index contributed by atoms with van der Waals surface area (Å²) in [6, 6.07) is 3.01. The van der Waals surface area contributed by atoms with E-state index in [2.05, 4.69) is 0 Å². The molecule has 0 fully saturated rings. The first-order valence-electron chi connectivity index (χ1n) is 4.48. The maximum absolute atomic E-state index is 11.3. The fourth-order valence-electron chi connectivity index (χ4n) is 0.914. The highest BCUT2D eigenvalue weighted by Crippen LogP contribution is 2.07. The highest BCUT2D eigenvalue weighted by atomic mass is 16.5. The zero-order valence-electron chi connectivity index (χ0n) is 8.78. The second-order valence-electron chi connectivity index (χ2n) is 4.16. The summed E-state index contributed by atoms with van der Waals surface area (Å²) in [5.74, 6) is 0. The fraction of sp³-hybridized carbons (Fsp3) is 0.500. The molecule has 0 unspecified atom stereocenters. The fourth-order valence-corrected chi connectivity index (χ4v) is 0.914. The molecule has 0 spiro atoms. The molecule has 78 valence electrons. The van der Waals surface area contributed by atoms with Gasteiger partial charge in [-0.1, -0.05) is 0 Å². The molecule has 4 heteroatoms. The number of nitrogen functional groups attached to an aromatic ring is 1. The number of hydrogen-bond acceptors (Lipinski definition) is 3. The number of rotatable bonds is 2. The Balaban J connectivity index is 2.77. The van der Waals surface area contributed by atoms with Crippen LogP contribution < -0.4 is 11.3 Å². The Morgan fingerprint density at radius 1 is 1.43 bits per heavy atom. The van der Waals surface area contributed by atoms with Crippen LogP contribution in [0.3, 0.4) is 0 Å². The Labute approximate surface area is 83.3 Å². The third kappa shape index (κ3) is 3.22. The van der Waals surface area contributed by atoms with E-state index in [-0.39, 0.29) is 17.9 Å². The molecule has 1 aromatic heterocycles. The monoisotopic (exact) mass is 196 g/mol. The summed E-state index contributed by atoms with van der Waals surface area (Å²) in [5.41, 5.74) is 5.74. The topological polar surface area (TPSA) is 57.2 Å². The minimum Gasteiger partial charge on any atom is -0.398 e. The summed E-state index contributed by atoms with van der Waals surface area (Å²) >= 11 is 0. The van der Waals surface area contributed by atoms with Gasteiger partial charge in [-0.25, -0.2) is 0 Å². The average molecular weight is 196 g/mol. The van der Waals surface area contributed by atoms with E-state index in [1.807, 2.05) is 20.8 Å². The molecule has 0 atom stereocenters. The second kappa shape index (κ2) is 3.84. The van der Waals surface area contributed by atoms with Crippen LogP contribution in [0.2, 0.25) is 0 Å². The van der Waals surface area contributed by atoms with Gasteiger partial charge in [0.05, 0.1) is 5.60 Å². The van der Waals surface area contributed by atoms with Crippen molar-refractivity contribution in [2.45, 2.75) is 33.1 Å². The van der Waals surface area contributed by atoms with Gasteiger partial charge in [0.1, 0.15) is 6.73 Å². The predicted molar refractivity (Wildman–Crippen MR) is 56.0 cm³/mol. The first-order chi connectivity index (χ1) is 6.38. The highest BCUT2D eigenvalue weighted by Gasteiger charge is 2.10. The van der Waals surface area contributed by atoms with Crippen molar-refractivity contribution in [1.29, 1.82) is 0 Å². The minimum absolute atomic E-state index is 0.108. The second-order valence-corrected chi connectivity index (χ2v) is 4.16. The first kappa shape index (κ1) is 10.8. The van der Waals surface area contributed by atoms with Gasteiger partial charge in [0.2, 0.25) is 0 Å². The smallest absolute Gasteiger partial charge is 0.252 e. The lowest BCUT2D eigenvalue weighted by Crippen LogP contribution is -2.26. The lowest BCUT2D eigenvalue weighted by molar-refractivity contribution is -0.0445. The van der Waals surface area contributed by atoms with E-state index in [0.717, 1.165) is 0 Å². The lowest BCUT2D eigenvalue weighted by atomic mass is 10.2. The number of hydrogen-bond donors (Lipinski definition) is 1. The number of aromatic nitrogens is 1. The molecule has 2 N–H and O–H groups in total. The van der Waals surface area contributed by atoms with Crippen LogP contribution in [0.4, 0.5) is 5.69 Å². The van der Waals surface area contributed by atoms with Crippen LogP contribution in [0.5, 0.6) is 0 Å². The Kier molecular flexibility index (Phi) is 2.96. The third-order valence-corrected chi connectivity index (χ3v) is 1.64. The average Bonchev–Trinajstić information content (AvgIpc) is 2.05. The van der Waals surface area contributed by atoms with Crippen molar-refractivity contribution in [3.63, 3.8) is 0 Å². The van der Waals surface area contributed by atoms with Crippen molar-refractivity contribution in [3.05, 3.63) is 28.7 Å². The van der Waals surface area contributed by atoms with Gasteiger partial charge >= 0.3 is 0 Å². The molecular weight excluding hydrogens is 180 g/mol. The van der Waals surface area contributed by atoms with Crippen LogP contribution in [0, 0.1) is 0 Å². The van der Waals surface area contributed by atoms with Crippen LogP contribution in [0.1, 0.15) is 20.8 Å². The quantitative estimate of drug-likeness (QED) is 0.773. The molecule has 0 amide bonds. The van der Waals surface area contributed by atoms with Crippen LogP contribution in [-0.2, 0) is 11.5 Å². The van der Waals surface area contributed by atoms with E-state index >= 15 is 0 Å². The molecule has 0 saturated carbocycles. The molecule has 4 nitrogen and oxygen atoms in total. The Hall–Kier alpha value is -1.29. The minimum atomic E-state index is -0.260. The zero-order chi connectivity index (χ0) is 10.8. The Morgan fingerprint density at radius 3 is 2.64 bits per heavy atom. The summed E-state index contributed by atoms with van der Waals surface area (Å²) in [6.45, 7) is 6.03. The summed E-state index contributed by atoms with van der Waals surface area (Å²) in [4.78, 5) is 11.3. The number of nitrogens with zero attached hydrogens (tertiary/aromatic N) is 1. The molecule has 0 aliphatic heterocycles. The number of pyridine rings is 1. The third-order valence-electron chi connectivity index (χ3n) is 1.64. The normalized spacial score (nSPS) is 11.6. The van der Waals surface area contributed by atoms with Gasteiger partial charge in [0.15, 0.2) is 0 Å². The zero-order valence-corrected chi connectivity index (χ0v) is 8.78. The molecule has 1 aromatic rings. The van der Waals surface area contributed by atoms with Gasteiger partial charge in [-0.05, 0) is 26.8 Å². The molecule has 0 aliphatic carbocycles. The maximum atomic E-state index is 11.3. The van der Waals surface area contributed by atoms with Gasteiger partial charge in [-0.3, -0.25) is 9.36 Å². The Morgan fingerprint density at radius 2 is 2.07 bits per heavy atom. The predicted octanol–water partition coefficient (Wildman–Crippen LogP) is 1.20. The number of anilines is 1. The first-order valence-corrected chi connectivity index (χ1v) is 4.48. The number of ether oxygens (including phenoxy) is 1. The SMILES string of the molecule is CC(C)(C)OCn1cc(N)ccc1=O. The van der Waals surface area contributed by atoms with Gasteiger partial charge in [-0.2, -0.15) is 0 Å². The molecule has 14 heavy (non-hydrogen) atoms. The van der Waals surface area contributed by atoms with E-state index in [1.165, 1.54) is 10.6 Å². The van der Waals surface area contributed by atoms with Crippen molar-refractivity contribution in [3.8, 4) is 0 Å². The lowest BCUT2D eigenvalue weighted by Gasteiger charge is -2.20. The Bertz CT molecular complexity index is 363. The van der Waals surface area contributed by atoms with Crippen molar-refractivity contribution in [1.82, 2.24) is 4.57 Å². The van der Waals surface area contributed by atoms with Crippen molar-refractivity contribution in [2.24, 2.45) is 0 Å². The summed E-state index contributed by atoms with van der Waals surface area (Å²) in [7, 11) is 0. The van der Waals surface area contributed by atoms with Gasteiger partial charge in [0, 0.05) is 18.0 Å². The standard InChI is InChI=1S/C10H16N2O2/c1-10(2,3)14-7-12-6-8(11)4-5-9(12)13/h4-6H,7,11H2,1-3H3. The van der Waals surface area contributed by atoms with Crippen molar-refractivity contribution in [2.75, 3.05) is 5.73 Å². The highest BCUT2D eigenvalue weighted by molar-refractivity contribution is 5.33. The molecule has 0 saturated heterocycles. The maximum Gasteiger partial charge on any atom is 0.252 e. The van der Waals surface area contributed by atoms with E-state index in [9.17, 15) is 4.79 Å². The molecule has 1 rings (SSSR count). The van der Waals surface area contributed by atoms with Gasteiger partial charge < -0.3 is 10.5 Å². The van der Waals surface area contributed by atoms with Crippen molar-refractivity contribution >= 4 is 5.69 Å². The molecular formula is C10H16N2O2. The number of nitrogens with two attached hydrogens (primary N) is 1.